The van der Waals surface area contributed by atoms with Gasteiger partial charge in [0.2, 0.25) is 10.0 Å². The Morgan fingerprint density at radius 2 is 1.47 bits per heavy atom. The van der Waals surface area contributed by atoms with Crippen LogP contribution in [0.15, 0.2) is 53.4 Å². The number of anilines is 2. The van der Waals surface area contributed by atoms with Crippen molar-refractivity contribution >= 4 is 27.3 Å². The lowest BCUT2D eigenvalue weighted by molar-refractivity contribution is -0.118. The molecule has 0 saturated carbocycles. The SMILES string of the molecule is O=C(COc1ccc(S(=O)(=O)N2CCOCC2)cc1)Nc1ccc(N2CCOCC2)cc1. The fourth-order valence-electron chi connectivity index (χ4n) is 3.57. The third-order valence-corrected chi connectivity index (χ3v) is 7.24. The lowest BCUT2D eigenvalue weighted by Gasteiger charge is -2.28. The van der Waals surface area contributed by atoms with E-state index in [4.69, 9.17) is 14.2 Å². The molecule has 4 rings (SSSR count). The summed E-state index contributed by atoms with van der Waals surface area (Å²) in [5, 5.41) is 2.80. The summed E-state index contributed by atoms with van der Waals surface area (Å²) < 4.78 is 42.8. The lowest BCUT2D eigenvalue weighted by atomic mass is 10.2. The highest BCUT2D eigenvalue weighted by Crippen LogP contribution is 2.21. The minimum Gasteiger partial charge on any atom is -0.484 e. The number of hydrogen-bond acceptors (Lipinski definition) is 7. The van der Waals surface area contributed by atoms with E-state index in [1.54, 1.807) is 12.1 Å². The largest absolute Gasteiger partial charge is 0.484 e. The van der Waals surface area contributed by atoms with Crippen molar-refractivity contribution in [2.24, 2.45) is 0 Å². The first-order chi connectivity index (χ1) is 15.5. The van der Waals surface area contributed by atoms with Crippen LogP contribution in [0.2, 0.25) is 0 Å². The molecule has 2 fully saturated rings. The molecular weight excluding hydrogens is 434 g/mol. The Hall–Kier alpha value is -2.66. The van der Waals surface area contributed by atoms with E-state index in [0.29, 0.717) is 37.7 Å². The second-order valence-electron chi connectivity index (χ2n) is 7.47. The minimum atomic E-state index is -3.55. The Morgan fingerprint density at radius 3 is 2.09 bits per heavy atom. The van der Waals surface area contributed by atoms with E-state index in [1.807, 2.05) is 24.3 Å². The van der Waals surface area contributed by atoms with E-state index in [0.717, 1.165) is 32.0 Å². The van der Waals surface area contributed by atoms with Gasteiger partial charge in [-0.25, -0.2) is 8.42 Å². The molecule has 0 bridgehead atoms. The van der Waals surface area contributed by atoms with Gasteiger partial charge >= 0.3 is 0 Å². The molecule has 2 aliphatic heterocycles. The summed E-state index contributed by atoms with van der Waals surface area (Å²) in [6.45, 7) is 4.43. The van der Waals surface area contributed by atoms with Gasteiger partial charge in [0.1, 0.15) is 5.75 Å². The highest BCUT2D eigenvalue weighted by molar-refractivity contribution is 7.89. The molecular formula is C22H27N3O6S. The van der Waals surface area contributed by atoms with E-state index in [1.165, 1.54) is 16.4 Å². The van der Waals surface area contributed by atoms with Crippen molar-refractivity contribution in [3.05, 3.63) is 48.5 Å². The van der Waals surface area contributed by atoms with Crippen molar-refractivity contribution in [3.8, 4) is 5.75 Å². The monoisotopic (exact) mass is 461 g/mol. The molecule has 2 saturated heterocycles. The maximum atomic E-state index is 12.6. The second kappa shape index (κ2) is 10.3. The van der Waals surface area contributed by atoms with Crippen LogP contribution >= 0.6 is 0 Å². The van der Waals surface area contributed by atoms with Crippen molar-refractivity contribution in [2.45, 2.75) is 4.90 Å². The molecule has 0 radical (unpaired) electrons. The van der Waals surface area contributed by atoms with E-state index in [9.17, 15) is 13.2 Å². The van der Waals surface area contributed by atoms with Crippen LogP contribution in [0.1, 0.15) is 0 Å². The molecule has 1 amide bonds. The molecule has 9 nitrogen and oxygen atoms in total. The predicted molar refractivity (Wildman–Crippen MR) is 120 cm³/mol. The number of carbonyl (C=O) groups excluding carboxylic acids is 1. The van der Waals surface area contributed by atoms with Gasteiger partial charge in [-0.05, 0) is 48.5 Å². The molecule has 0 atom stereocenters. The van der Waals surface area contributed by atoms with E-state index >= 15 is 0 Å². The number of morpholine rings is 2. The topological polar surface area (TPSA) is 97.4 Å². The molecule has 10 heteroatoms. The Balaban J connectivity index is 1.27. The fourth-order valence-corrected chi connectivity index (χ4v) is 4.97. The summed E-state index contributed by atoms with van der Waals surface area (Å²) >= 11 is 0. The Labute approximate surface area is 187 Å². The number of rotatable bonds is 7. The predicted octanol–water partition coefficient (Wildman–Crippen LogP) is 1.56. The number of carbonyl (C=O) groups is 1. The first-order valence-corrected chi connectivity index (χ1v) is 12.0. The minimum absolute atomic E-state index is 0.180. The van der Waals surface area contributed by atoms with Gasteiger partial charge in [0.25, 0.3) is 5.91 Å². The van der Waals surface area contributed by atoms with E-state index < -0.39 is 10.0 Å². The normalized spacial score (nSPS) is 17.7. The summed E-state index contributed by atoms with van der Waals surface area (Å²) in [4.78, 5) is 14.7. The van der Waals surface area contributed by atoms with Crippen LogP contribution in [-0.4, -0.2) is 77.8 Å². The first kappa shape index (κ1) is 22.5. The number of hydrogen-bond donors (Lipinski definition) is 1. The molecule has 2 aromatic rings. The van der Waals surface area contributed by atoms with E-state index in [2.05, 4.69) is 10.2 Å². The lowest BCUT2D eigenvalue weighted by Crippen LogP contribution is -2.40. The molecule has 172 valence electrons. The zero-order valence-electron chi connectivity index (χ0n) is 17.7. The fraction of sp³-hybridized carbons (Fsp3) is 0.409. The van der Waals surface area contributed by atoms with Crippen LogP contribution in [0.4, 0.5) is 11.4 Å². The van der Waals surface area contributed by atoms with Crippen LogP contribution in [0.3, 0.4) is 0 Å². The number of benzene rings is 2. The third-order valence-electron chi connectivity index (χ3n) is 5.33. The first-order valence-electron chi connectivity index (χ1n) is 10.6. The van der Waals surface area contributed by atoms with Crippen LogP contribution in [0.25, 0.3) is 0 Å². The average Bonchev–Trinajstić information content (AvgIpc) is 2.84. The van der Waals surface area contributed by atoms with Crippen molar-refractivity contribution in [2.75, 3.05) is 69.4 Å². The molecule has 0 aliphatic carbocycles. The van der Waals surface area contributed by atoms with Gasteiger partial charge in [-0.15, -0.1) is 0 Å². The smallest absolute Gasteiger partial charge is 0.262 e. The maximum absolute atomic E-state index is 12.6. The third kappa shape index (κ3) is 5.57. The summed E-state index contributed by atoms with van der Waals surface area (Å²) in [5.74, 6) is 0.123. The van der Waals surface area contributed by atoms with Gasteiger partial charge < -0.3 is 24.4 Å². The molecule has 32 heavy (non-hydrogen) atoms. The van der Waals surface area contributed by atoms with Crippen molar-refractivity contribution in [3.63, 3.8) is 0 Å². The van der Waals surface area contributed by atoms with Gasteiger partial charge in [0.15, 0.2) is 6.61 Å². The highest BCUT2D eigenvalue weighted by atomic mass is 32.2. The summed E-state index contributed by atoms with van der Waals surface area (Å²) in [7, 11) is -3.55. The molecule has 2 heterocycles. The van der Waals surface area contributed by atoms with Gasteiger partial charge in [0.05, 0.1) is 31.3 Å². The maximum Gasteiger partial charge on any atom is 0.262 e. The van der Waals surface area contributed by atoms with Gasteiger partial charge in [0, 0.05) is 37.6 Å². The highest BCUT2D eigenvalue weighted by Gasteiger charge is 2.26. The van der Waals surface area contributed by atoms with E-state index in [-0.39, 0.29) is 17.4 Å². The summed E-state index contributed by atoms with van der Waals surface area (Å²) in [5.41, 5.74) is 1.78. The van der Waals surface area contributed by atoms with Crippen LogP contribution in [0, 0.1) is 0 Å². The molecule has 2 aromatic carbocycles. The number of sulfonamides is 1. The van der Waals surface area contributed by atoms with Crippen LogP contribution in [-0.2, 0) is 24.3 Å². The molecule has 0 unspecified atom stereocenters. The number of nitrogens with one attached hydrogen (secondary N) is 1. The number of amides is 1. The van der Waals surface area contributed by atoms with Gasteiger partial charge in [-0.3, -0.25) is 4.79 Å². The number of ether oxygens (including phenoxy) is 3. The number of nitrogens with zero attached hydrogens (tertiary/aromatic N) is 2. The molecule has 1 N–H and O–H groups in total. The Bertz CT molecular complexity index is 999. The summed E-state index contributed by atoms with van der Waals surface area (Å²) in [6.07, 6.45) is 0. The Kier molecular flexibility index (Phi) is 7.26. The van der Waals surface area contributed by atoms with Crippen LogP contribution < -0.4 is 15.0 Å². The van der Waals surface area contributed by atoms with Crippen LogP contribution in [0.5, 0.6) is 5.75 Å². The molecule has 0 spiro atoms. The van der Waals surface area contributed by atoms with Crippen molar-refractivity contribution in [1.82, 2.24) is 4.31 Å². The standard InChI is InChI=1S/C22H27N3O6S/c26-22(23-18-1-3-19(4-2-18)24-9-13-29-14-10-24)17-31-20-5-7-21(8-6-20)32(27,28)25-11-15-30-16-12-25/h1-8H,9-17H2,(H,23,26). The van der Waals surface area contributed by atoms with Crippen molar-refractivity contribution < 1.29 is 27.4 Å². The van der Waals surface area contributed by atoms with Gasteiger partial charge in [-0.2, -0.15) is 4.31 Å². The quantitative estimate of drug-likeness (QED) is 0.668. The zero-order chi connectivity index (χ0) is 22.4. The second-order valence-corrected chi connectivity index (χ2v) is 9.41. The molecule has 2 aliphatic rings. The molecule has 0 aromatic heterocycles. The van der Waals surface area contributed by atoms with Gasteiger partial charge in [-0.1, -0.05) is 0 Å². The summed E-state index contributed by atoms with van der Waals surface area (Å²) in [6, 6.07) is 13.7. The van der Waals surface area contributed by atoms with Crippen molar-refractivity contribution in [1.29, 1.82) is 0 Å². The average molecular weight is 462 g/mol. The zero-order valence-corrected chi connectivity index (χ0v) is 18.6. The Morgan fingerprint density at radius 1 is 0.875 bits per heavy atom.